The average molecular weight is 724 g/mol. The SMILES string of the molecule is Nc1ccc2cc(S(=O)(=O)O)c(N=Nc3ccc(N=Nc4cccc5c(O)cc(S(=O)(=O)O)cc45)c4ccc(S(=O)(=O)O)cc34)c(O)c2c1. The van der Waals surface area contributed by atoms with Crippen LogP contribution in [0.5, 0.6) is 11.5 Å². The van der Waals surface area contributed by atoms with Crippen LogP contribution in [0.25, 0.3) is 32.3 Å². The molecule has 6 rings (SSSR count). The average Bonchev–Trinajstić information content (AvgIpc) is 3.02. The van der Waals surface area contributed by atoms with Crippen LogP contribution in [0.2, 0.25) is 0 Å². The summed E-state index contributed by atoms with van der Waals surface area (Å²) in [4.78, 5) is -1.91. The number of hydrogen-bond acceptors (Lipinski definition) is 13. The highest BCUT2D eigenvalue weighted by Crippen LogP contribution is 2.43. The molecular weight excluding hydrogens is 703 g/mol. The molecule has 0 radical (unpaired) electrons. The van der Waals surface area contributed by atoms with Gasteiger partial charge < -0.3 is 15.9 Å². The van der Waals surface area contributed by atoms with Gasteiger partial charge in [0.25, 0.3) is 30.4 Å². The van der Waals surface area contributed by atoms with Crippen LogP contribution in [0.4, 0.5) is 28.4 Å². The number of phenols is 2. The molecule has 0 aromatic heterocycles. The van der Waals surface area contributed by atoms with Crippen molar-refractivity contribution in [1.29, 1.82) is 0 Å². The van der Waals surface area contributed by atoms with E-state index in [1.165, 1.54) is 54.6 Å². The van der Waals surface area contributed by atoms with Crippen molar-refractivity contribution in [3.05, 3.63) is 84.9 Å². The third kappa shape index (κ3) is 6.48. The highest BCUT2D eigenvalue weighted by atomic mass is 32.2. The minimum Gasteiger partial charge on any atom is -0.507 e. The molecule has 0 spiro atoms. The molecule has 0 saturated carbocycles. The van der Waals surface area contributed by atoms with Gasteiger partial charge >= 0.3 is 0 Å². The summed E-state index contributed by atoms with van der Waals surface area (Å²) in [6.07, 6.45) is 0. The number of nitrogens with two attached hydrogens (primary N) is 1. The monoisotopic (exact) mass is 723 g/mol. The molecule has 0 amide bonds. The summed E-state index contributed by atoms with van der Waals surface area (Å²) in [5, 5.41) is 38.5. The van der Waals surface area contributed by atoms with Gasteiger partial charge in [0.1, 0.15) is 16.3 Å². The van der Waals surface area contributed by atoms with Gasteiger partial charge in [-0.3, -0.25) is 13.7 Å². The number of anilines is 1. The van der Waals surface area contributed by atoms with Crippen molar-refractivity contribution in [1.82, 2.24) is 0 Å². The van der Waals surface area contributed by atoms with E-state index in [2.05, 4.69) is 20.5 Å². The van der Waals surface area contributed by atoms with Gasteiger partial charge in [0.2, 0.25) is 0 Å². The maximum Gasteiger partial charge on any atom is 0.296 e. The zero-order valence-electron chi connectivity index (χ0n) is 24.4. The Labute approximate surface area is 276 Å². The summed E-state index contributed by atoms with van der Waals surface area (Å²) in [5.41, 5.74) is 5.48. The Bertz CT molecular complexity index is 2790. The fourth-order valence-electron chi connectivity index (χ4n) is 5.06. The molecule has 0 heterocycles. The predicted octanol–water partition coefficient (Wildman–Crippen LogP) is 6.71. The lowest BCUT2D eigenvalue weighted by Crippen LogP contribution is -1.99. The molecule has 16 nitrogen and oxygen atoms in total. The van der Waals surface area contributed by atoms with Crippen molar-refractivity contribution in [3.8, 4) is 11.5 Å². The number of fused-ring (bicyclic) bond motifs is 3. The van der Waals surface area contributed by atoms with Gasteiger partial charge in [0.05, 0.1) is 26.9 Å². The molecule has 6 aromatic carbocycles. The van der Waals surface area contributed by atoms with E-state index in [9.17, 15) is 49.1 Å². The van der Waals surface area contributed by atoms with Crippen LogP contribution in [0, 0.1) is 0 Å². The van der Waals surface area contributed by atoms with Crippen LogP contribution in [-0.4, -0.2) is 49.1 Å². The second-order valence-electron chi connectivity index (χ2n) is 10.5. The van der Waals surface area contributed by atoms with E-state index in [0.29, 0.717) is 0 Å². The number of rotatable bonds is 7. The van der Waals surface area contributed by atoms with E-state index in [-0.39, 0.29) is 55.1 Å². The highest BCUT2D eigenvalue weighted by molar-refractivity contribution is 7.86. The Balaban J connectivity index is 1.53. The van der Waals surface area contributed by atoms with Gasteiger partial charge in [-0.2, -0.15) is 25.3 Å². The lowest BCUT2D eigenvalue weighted by molar-refractivity contribution is 0.471. The van der Waals surface area contributed by atoms with Gasteiger partial charge in [0, 0.05) is 38.7 Å². The second kappa shape index (κ2) is 11.8. The van der Waals surface area contributed by atoms with E-state index in [4.69, 9.17) is 5.73 Å². The quantitative estimate of drug-likeness (QED) is 0.0569. The molecule has 49 heavy (non-hydrogen) atoms. The Morgan fingerprint density at radius 1 is 0.510 bits per heavy atom. The van der Waals surface area contributed by atoms with Gasteiger partial charge in [-0.1, -0.05) is 24.3 Å². The third-order valence-electron chi connectivity index (χ3n) is 7.34. The molecule has 0 saturated heterocycles. The molecule has 19 heteroatoms. The van der Waals surface area contributed by atoms with Crippen LogP contribution >= 0.6 is 0 Å². The van der Waals surface area contributed by atoms with Crippen LogP contribution in [0.1, 0.15) is 0 Å². The Morgan fingerprint density at radius 2 is 1.10 bits per heavy atom. The van der Waals surface area contributed by atoms with Crippen molar-refractivity contribution in [3.63, 3.8) is 0 Å². The number of nitrogen functional groups attached to an aromatic ring is 1. The molecule has 250 valence electrons. The van der Waals surface area contributed by atoms with Crippen LogP contribution < -0.4 is 5.73 Å². The molecular formula is C30H21N5O11S3. The normalized spacial score (nSPS) is 13.0. The van der Waals surface area contributed by atoms with E-state index >= 15 is 0 Å². The molecule has 0 aliphatic heterocycles. The maximum absolute atomic E-state index is 12.2. The summed E-state index contributed by atoms with van der Waals surface area (Å²) >= 11 is 0. The van der Waals surface area contributed by atoms with Gasteiger partial charge in [-0.05, 0) is 60.0 Å². The lowest BCUT2D eigenvalue weighted by atomic mass is 10.1. The second-order valence-corrected chi connectivity index (χ2v) is 14.7. The summed E-state index contributed by atoms with van der Waals surface area (Å²) < 4.78 is 101. The Hall–Kier alpha value is -5.57. The van der Waals surface area contributed by atoms with Gasteiger partial charge in [-0.25, -0.2) is 0 Å². The smallest absolute Gasteiger partial charge is 0.296 e. The standard InChI is InChI=1S/C30H21N5O11S3/c31-16-5-4-15-10-28(49(44,45)46)29(30(37)21(15)11-16)35-34-26-9-8-25(19-7-6-17(12-22(19)26)47(38,39)40)33-32-24-3-1-2-20-23(24)13-18(14-27(20)36)48(41,42)43/h1-14,36-37H,31H2,(H,38,39,40)(H,41,42,43)(H,44,45,46). The summed E-state index contributed by atoms with van der Waals surface area (Å²) in [7, 11) is -14.4. The number of benzene rings is 6. The first kappa shape index (κ1) is 33.3. The van der Waals surface area contributed by atoms with Crippen LogP contribution in [0.3, 0.4) is 0 Å². The Kier molecular flexibility index (Phi) is 8.05. The predicted molar refractivity (Wildman–Crippen MR) is 177 cm³/mol. The first-order valence-electron chi connectivity index (χ1n) is 13.6. The number of azo groups is 2. The summed E-state index contributed by atoms with van der Waals surface area (Å²) in [6.45, 7) is 0. The summed E-state index contributed by atoms with van der Waals surface area (Å²) in [6, 6.07) is 17.8. The molecule has 0 aliphatic rings. The maximum atomic E-state index is 12.2. The topological polar surface area (TPSA) is 279 Å². The third-order valence-corrected chi connectivity index (χ3v) is 9.89. The first-order valence-corrected chi connectivity index (χ1v) is 17.9. The zero-order valence-corrected chi connectivity index (χ0v) is 26.8. The van der Waals surface area contributed by atoms with Gasteiger partial charge in [-0.15, -0.1) is 20.5 Å². The summed E-state index contributed by atoms with van der Waals surface area (Å²) in [5.74, 6) is -1.12. The molecule has 0 bridgehead atoms. The molecule has 0 unspecified atom stereocenters. The van der Waals surface area contributed by atoms with Crippen molar-refractivity contribution in [2.45, 2.75) is 14.7 Å². The van der Waals surface area contributed by atoms with Crippen molar-refractivity contribution >= 4 is 91.1 Å². The Morgan fingerprint density at radius 3 is 1.76 bits per heavy atom. The first-order chi connectivity index (χ1) is 22.9. The molecule has 0 fully saturated rings. The molecule has 7 N–H and O–H groups in total. The van der Waals surface area contributed by atoms with Crippen molar-refractivity contribution in [2.75, 3.05) is 5.73 Å². The molecule has 0 aliphatic carbocycles. The highest BCUT2D eigenvalue weighted by Gasteiger charge is 2.23. The van der Waals surface area contributed by atoms with Crippen LogP contribution in [-0.2, 0) is 30.4 Å². The largest absolute Gasteiger partial charge is 0.507 e. The number of aromatic hydroxyl groups is 2. The number of phenolic OH excluding ortho intramolecular Hbond substituents is 2. The fraction of sp³-hybridized carbons (Fsp3) is 0. The molecule has 0 atom stereocenters. The van der Waals surface area contributed by atoms with Crippen molar-refractivity contribution in [2.24, 2.45) is 20.5 Å². The van der Waals surface area contributed by atoms with E-state index in [1.54, 1.807) is 0 Å². The van der Waals surface area contributed by atoms with E-state index < -0.39 is 62.2 Å². The number of hydrogen-bond donors (Lipinski definition) is 6. The van der Waals surface area contributed by atoms with E-state index in [0.717, 1.165) is 30.3 Å². The van der Waals surface area contributed by atoms with Crippen LogP contribution in [0.15, 0.2) is 120 Å². The lowest BCUT2D eigenvalue weighted by Gasteiger charge is -2.10. The minimum atomic E-state index is -4.95. The fourth-order valence-corrected chi connectivity index (χ4v) is 6.75. The number of nitrogens with zero attached hydrogens (tertiary/aromatic N) is 4. The van der Waals surface area contributed by atoms with Gasteiger partial charge in [0.15, 0.2) is 5.75 Å². The van der Waals surface area contributed by atoms with Crippen molar-refractivity contribution < 1.29 is 49.1 Å². The molecule has 6 aromatic rings. The minimum absolute atomic E-state index is 0.0116. The van der Waals surface area contributed by atoms with E-state index in [1.807, 2.05) is 0 Å². The zero-order chi connectivity index (χ0) is 35.5.